The van der Waals surface area contributed by atoms with E-state index in [1.807, 2.05) is 0 Å². The van der Waals surface area contributed by atoms with Gasteiger partial charge in [-0.25, -0.2) is 18.2 Å². The number of halogens is 3. The van der Waals surface area contributed by atoms with Gasteiger partial charge < -0.3 is 10.5 Å². The second-order valence-electron chi connectivity index (χ2n) is 4.19. The van der Waals surface area contributed by atoms with Crippen LogP contribution < -0.4 is 5.73 Å². The quantitative estimate of drug-likeness (QED) is 0.680. The maximum absolute atomic E-state index is 13.8. The fraction of sp³-hybridized carbons (Fsp3) is 0.364. The Morgan fingerprint density at radius 3 is 2.75 bits per heavy atom. The van der Waals surface area contributed by atoms with Crippen molar-refractivity contribution in [1.29, 1.82) is 0 Å². The van der Waals surface area contributed by atoms with Crippen LogP contribution in [-0.2, 0) is 10.3 Å². The Hall–Kier alpha value is -2.32. The number of benzene rings is 1. The molecule has 0 bridgehead atoms. The van der Waals surface area contributed by atoms with Crippen LogP contribution in [0.5, 0.6) is 0 Å². The number of aliphatic imine (C=N–C) groups is 1. The van der Waals surface area contributed by atoms with Crippen molar-refractivity contribution in [1.82, 2.24) is 0 Å². The third-order valence-electron chi connectivity index (χ3n) is 3.03. The van der Waals surface area contributed by atoms with Crippen molar-refractivity contribution in [2.45, 2.75) is 18.4 Å². The molecule has 108 valence electrons. The number of hydrogen-bond acceptors (Lipinski definition) is 5. The number of nitrogens with two attached hydrogens (primary N) is 1. The van der Waals surface area contributed by atoms with Crippen molar-refractivity contribution in [3.63, 3.8) is 0 Å². The number of nitro benzene ring substituents is 1. The molecule has 0 amide bonds. The molecule has 0 unspecified atom stereocenters. The van der Waals surface area contributed by atoms with Gasteiger partial charge in [-0.3, -0.25) is 10.1 Å². The molecule has 0 radical (unpaired) electrons. The molecule has 0 spiro atoms. The van der Waals surface area contributed by atoms with Gasteiger partial charge in [0.2, 0.25) is 0 Å². The molecule has 1 aromatic rings. The average Bonchev–Trinajstić information content (AvgIpc) is 2.38. The molecule has 0 saturated heterocycles. The van der Waals surface area contributed by atoms with E-state index in [9.17, 15) is 23.3 Å². The number of amidine groups is 1. The normalized spacial score (nSPS) is 22.3. The summed E-state index contributed by atoms with van der Waals surface area (Å²) in [6, 6.07) is 1.91. The number of hydrogen-bond donors (Lipinski definition) is 1. The fourth-order valence-corrected chi connectivity index (χ4v) is 2.02. The van der Waals surface area contributed by atoms with Crippen LogP contribution in [0.1, 0.15) is 12.0 Å². The molecule has 9 heteroatoms. The van der Waals surface area contributed by atoms with Gasteiger partial charge >= 0.3 is 0 Å². The first kappa shape index (κ1) is 14.1. The van der Waals surface area contributed by atoms with Crippen LogP contribution in [0.15, 0.2) is 23.2 Å². The van der Waals surface area contributed by atoms with Crippen LogP contribution in [0.25, 0.3) is 0 Å². The molecule has 0 aliphatic carbocycles. The molecular formula is C11H10F3N3O3. The van der Waals surface area contributed by atoms with Gasteiger partial charge in [0.1, 0.15) is 5.82 Å². The molecule has 1 aliphatic rings. The molecule has 1 heterocycles. The number of nitrogens with zero attached hydrogens (tertiary/aromatic N) is 2. The lowest BCUT2D eigenvalue weighted by molar-refractivity contribution is -0.385. The van der Waals surface area contributed by atoms with Crippen LogP contribution in [-0.4, -0.2) is 24.0 Å². The highest BCUT2D eigenvalue weighted by Crippen LogP contribution is 2.40. The summed E-state index contributed by atoms with van der Waals surface area (Å²) in [6.45, 7) is -0.179. The van der Waals surface area contributed by atoms with E-state index < -0.39 is 40.0 Å². The first-order valence-corrected chi connectivity index (χ1v) is 5.57. The third-order valence-corrected chi connectivity index (χ3v) is 3.03. The molecule has 0 saturated carbocycles. The lowest BCUT2D eigenvalue weighted by Crippen LogP contribution is -2.41. The van der Waals surface area contributed by atoms with E-state index in [2.05, 4.69) is 4.99 Å². The van der Waals surface area contributed by atoms with Gasteiger partial charge in [0.15, 0.2) is 5.54 Å². The van der Waals surface area contributed by atoms with Crippen molar-refractivity contribution in [3.05, 3.63) is 39.7 Å². The highest BCUT2D eigenvalue weighted by atomic mass is 19.3. The fourth-order valence-electron chi connectivity index (χ4n) is 2.02. The molecule has 2 N–H and O–H groups in total. The zero-order valence-electron chi connectivity index (χ0n) is 10.1. The summed E-state index contributed by atoms with van der Waals surface area (Å²) < 4.78 is 45.4. The first-order chi connectivity index (χ1) is 9.36. The van der Waals surface area contributed by atoms with Gasteiger partial charge in [-0.2, -0.15) is 0 Å². The predicted octanol–water partition coefficient (Wildman–Crippen LogP) is 1.93. The number of alkyl halides is 2. The van der Waals surface area contributed by atoms with E-state index in [-0.39, 0.29) is 13.0 Å². The highest BCUT2D eigenvalue weighted by Gasteiger charge is 2.46. The van der Waals surface area contributed by atoms with Gasteiger partial charge in [0.05, 0.1) is 11.5 Å². The van der Waals surface area contributed by atoms with Crippen molar-refractivity contribution in [2.24, 2.45) is 10.7 Å². The van der Waals surface area contributed by atoms with E-state index >= 15 is 0 Å². The Kier molecular flexibility index (Phi) is 3.51. The number of nitro groups is 1. The monoisotopic (exact) mass is 289 g/mol. The van der Waals surface area contributed by atoms with Crippen LogP contribution >= 0.6 is 0 Å². The molecular weight excluding hydrogens is 279 g/mol. The zero-order valence-corrected chi connectivity index (χ0v) is 10.1. The van der Waals surface area contributed by atoms with Crippen molar-refractivity contribution < 1.29 is 22.8 Å². The Labute approximate surface area is 111 Å². The van der Waals surface area contributed by atoms with E-state index in [0.717, 1.165) is 18.2 Å². The molecule has 1 aliphatic heterocycles. The summed E-state index contributed by atoms with van der Waals surface area (Å²) in [5.41, 5.74) is 1.95. The summed E-state index contributed by atoms with van der Waals surface area (Å²) in [6.07, 6.45) is -3.41. The molecule has 6 nitrogen and oxygen atoms in total. The third kappa shape index (κ3) is 2.26. The Morgan fingerprint density at radius 1 is 1.50 bits per heavy atom. The van der Waals surface area contributed by atoms with Gasteiger partial charge in [-0.05, 0) is 6.07 Å². The second kappa shape index (κ2) is 4.99. The average molecular weight is 289 g/mol. The number of ether oxygens (including phenoxy) is 1. The summed E-state index contributed by atoms with van der Waals surface area (Å²) in [7, 11) is 0. The summed E-state index contributed by atoms with van der Waals surface area (Å²) in [4.78, 5) is 13.4. The summed E-state index contributed by atoms with van der Waals surface area (Å²) in [5, 5.41) is 10.7. The summed E-state index contributed by atoms with van der Waals surface area (Å²) >= 11 is 0. The Bertz CT molecular complexity index is 579. The van der Waals surface area contributed by atoms with Crippen LogP contribution in [0.2, 0.25) is 0 Å². The van der Waals surface area contributed by atoms with Crippen molar-refractivity contribution in [2.75, 3.05) is 6.61 Å². The SMILES string of the molecule is NC1=N[C@@](c2cc([N+](=O)[O-])ccc2F)(C(F)F)CCO1. The van der Waals surface area contributed by atoms with Gasteiger partial charge in [0, 0.05) is 24.1 Å². The molecule has 1 aromatic carbocycles. The van der Waals surface area contributed by atoms with Crippen LogP contribution in [0.3, 0.4) is 0 Å². The maximum atomic E-state index is 13.8. The van der Waals surface area contributed by atoms with E-state index in [1.54, 1.807) is 0 Å². The highest BCUT2D eigenvalue weighted by molar-refractivity contribution is 5.73. The zero-order chi connectivity index (χ0) is 14.9. The lowest BCUT2D eigenvalue weighted by Gasteiger charge is -2.32. The van der Waals surface area contributed by atoms with Crippen molar-refractivity contribution in [3.8, 4) is 0 Å². The smallest absolute Gasteiger partial charge is 0.283 e. The maximum Gasteiger partial charge on any atom is 0.283 e. The molecule has 0 fully saturated rings. The topological polar surface area (TPSA) is 90.8 Å². The van der Waals surface area contributed by atoms with E-state index in [1.165, 1.54) is 0 Å². The largest absolute Gasteiger partial charge is 0.465 e. The molecule has 2 rings (SSSR count). The minimum Gasteiger partial charge on any atom is -0.465 e. The summed E-state index contributed by atoms with van der Waals surface area (Å²) in [5.74, 6) is -1.01. The number of non-ortho nitro benzene ring substituents is 1. The molecule has 20 heavy (non-hydrogen) atoms. The predicted molar refractivity (Wildman–Crippen MR) is 62.9 cm³/mol. The first-order valence-electron chi connectivity index (χ1n) is 5.57. The van der Waals surface area contributed by atoms with Gasteiger partial charge in [-0.15, -0.1) is 0 Å². The van der Waals surface area contributed by atoms with Crippen LogP contribution in [0, 0.1) is 15.9 Å². The van der Waals surface area contributed by atoms with Gasteiger partial charge in [0.25, 0.3) is 18.1 Å². The Balaban J connectivity index is 2.64. The van der Waals surface area contributed by atoms with Crippen LogP contribution in [0.4, 0.5) is 18.9 Å². The minimum atomic E-state index is -3.08. The molecule has 1 atom stereocenters. The molecule has 0 aromatic heterocycles. The lowest BCUT2D eigenvalue weighted by atomic mass is 9.86. The van der Waals surface area contributed by atoms with E-state index in [4.69, 9.17) is 10.5 Å². The van der Waals surface area contributed by atoms with E-state index in [0.29, 0.717) is 0 Å². The van der Waals surface area contributed by atoms with Crippen molar-refractivity contribution >= 4 is 11.7 Å². The number of rotatable bonds is 3. The Morgan fingerprint density at radius 2 is 2.20 bits per heavy atom. The van der Waals surface area contributed by atoms with Gasteiger partial charge in [-0.1, -0.05) is 0 Å². The minimum absolute atomic E-state index is 0.179. The second-order valence-corrected chi connectivity index (χ2v) is 4.19. The standard InChI is InChI=1S/C11H10F3N3O3/c12-8-2-1-6(17(18)19)5-7(8)11(9(13)14)3-4-20-10(15)16-11/h1-2,5,9H,3-4H2,(H2,15,16)/t11-/m0/s1.